The van der Waals surface area contributed by atoms with Crippen LogP contribution in [0.15, 0.2) is 41.1 Å². The van der Waals surface area contributed by atoms with Gasteiger partial charge in [0.15, 0.2) is 0 Å². The highest BCUT2D eigenvalue weighted by atomic mass is 79.9. The Kier molecular flexibility index (Phi) is 16.0. The van der Waals surface area contributed by atoms with Crippen molar-refractivity contribution in [1.82, 2.24) is 39.1 Å². The molecule has 0 unspecified atom stereocenters. The number of anilines is 1. The summed E-state index contributed by atoms with van der Waals surface area (Å²) in [6.07, 6.45) is 2.81. The number of rotatable bonds is 7. The molecule has 4 aromatic heterocycles. The minimum Gasteiger partial charge on any atom is -0.465 e. The number of halogens is 3. The van der Waals surface area contributed by atoms with Crippen molar-refractivity contribution >= 4 is 106 Å². The monoisotopic (exact) mass is 1070 g/mol. The van der Waals surface area contributed by atoms with Gasteiger partial charge in [-0.25, -0.2) is 19.2 Å². The molecule has 0 aliphatic rings. The summed E-state index contributed by atoms with van der Waals surface area (Å²) in [5, 5.41) is 49.2. The zero-order valence-electron chi connectivity index (χ0n) is 39.8. The number of hydrogen-bond donors (Lipinski definition) is 1. The zero-order valence-corrected chi connectivity index (χ0v) is 41.4. The molecule has 0 spiro atoms. The number of nitrogens with zero attached hydrogens (tertiary/aromatic N) is 11. The number of nitrogens with two attached hydrogens (primary N) is 1. The van der Waals surface area contributed by atoms with Crippen LogP contribution in [0.2, 0.25) is 0 Å². The second-order valence-corrected chi connectivity index (χ2v) is 15.9. The summed E-state index contributed by atoms with van der Waals surface area (Å²) in [6.45, 7) is 4.54. The van der Waals surface area contributed by atoms with E-state index in [-0.39, 0.29) is 65.6 Å². The Morgan fingerprint density at radius 1 is 0.542 bits per heavy atom. The van der Waals surface area contributed by atoms with Crippen molar-refractivity contribution in [3.8, 4) is 0 Å². The van der Waals surface area contributed by atoms with E-state index in [1.54, 1.807) is 34.1 Å². The van der Waals surface area contributed by atoms with Crippen LogP contribution in [0.25, 0.3) is 43.6 Å². The highest BCUT2D eigenvalue weighted by Gasteiger charge is 2.30. The van der Waals surface area contributed by atoms with Gasteiger partial charge in [0.1, 0.15) is 9.86 Å². The molecule has 0 fully saturated rings. The van der Waals surface area contributed by atoms with Crippen molar-refractivity contribution in [2.45, 2.75) is 20.8 Å². The van der Waals surface area contributed by atoms with Gasteiger partial charge in [-0.1, -0.05) is 0 Å². The molecule has 4 heterocycles. The van der Waals surface area contributed by atoms with Gasteiger partial charge in [-0.3, -0.25) is 49.1 Å². The predicted molar refractivity (Wildman–Crippen MR) is 254 cm³/mol. The highest BCUT2D eigenvalue weighted by molar-refractivity contribution is 9.10. The van der Waals surface area contributed by atoms with Crippen molar-refractivity contribution < 1.29 is 61.7 Å². The Balaban J connectivity index is 0.000000178. The molecule has 29 heteroatoms. The normalized spacial score (nSPS) is 10.7. The third-order valence-electron chi connectivity index (χ3n) is 11.1. The van der Waals surface area contributed by atoms with Crippen molar-refractivity contribution in [3.63, 3.8) is 0 Å². The molecule has 26 nitrogen and oxygen atoms in total. The summed E-state index contributed by atoms with van der Waals surface area (Å²) in [5.74, 6) is -4.04. The maximum absolute atomic E-state index is 13.7. The first-order valence-corrected chi connectivity index (χ1v) is 21.0. The summed E-state index contributed by atoms with van der Waals surface area (Å²) < 4.78 is 51.2. The molecule has 0 radical (unpaired) electrons. The van der Waals surface area contributed by atoms with E-state index in [0.717, 1.165) is 4.68 Å². The molecule has 8 rings (SSSR count). The molecule has 0 saturated heterocycles. The summed E-state index contributed by atoms with van der Waals surface area (Å²) in [6, 6.07) is 5.92. The van der Waals surface area contributed by atoms with Crippen LogP contribution in [0.3, 0.4) is 0 Å². The van der Waals surface area contributed by atoms with Gasteiger partial charge < -0.3 is 24.7 Å². The molecule has 2 N–H and O–H groups in total. The number of carbonyl (C=O) groups excluding carboxylic acids is 4. The van der Waals surface area contributed by atoms with E-state index in [1.165, 1.54) is 94.0 Å². The first kappa shape index (κ1) is 53.9. The van der Waals surface area contributed by atoms with E-state index < -0.39 is 56.2 Å². The Labute approximate surface area is 411 Å². The third kappa shape index (κ3) is 9.88. The van der Waals surface area contributed by atoms with E-state index in [2.05, 4.69) is 55.3 Å². The van der Waals surface area contributed by atoms with Crippen LogP contribution in [0.5, 0.6) is 0 Å². The number of aryl methyl sites for hydroxylation is 4. The van der Waals surface area contributed by atoms with Crippen LogP contribution >= 0.6 is 15.9 Å². The molecule has 4 aromatic carbocycles. The molecule has 8 aromatic rings. The maximum atomic E-state index is 13.7. The zero-order chi connectivity index (χ0) is 54.0. The third-order valence-corrected chi connectivity index (χ3v) is 12.0. The molecular weight excluding hydrogens is 1030 g/mol. The maximum Gasteiger partial charge on any atom is 0.339 e. The van der Waals surface area contributed by atoms with Gasteiger partial charge in [-0.2, -0.15) is 19.0 Å². The second kappa shape index (κ2) is 21.3. The van der Waals surface area contributed by atoms with Crippen LogP contribution in [0.1, 0.15) is 58.1 Å². The summed E-state index contributed by atoms with van der Waals surface area (Å²) >= 11 is 3.07. The minimum atomic E-state index is -0.941. The molecule has 0 aliphatic heterocycles. The summed E-state index contributed by atoms with van der Waals surface area (Å²) in [7, 11) is 11.2. The van der Waals surface area contributed by atoms with Crippen molar-refractivity contribution in [2.24, 2.45) is 28.2 Å². The van der Waals surface area contributed by atoms with Gasteiger partial charge in [0.05, 0.1) is 116 Å². The molecule has 0 aliphatic carbocycles. The number of nitro groups is 3. The molecule has 0 atom stereocenters. The lowest BCUT2D eigenvalue weighted by molar-refractivity contribution is -0.384. The average molecular weight is 1070 g/mol. The van der Waals surface area contributed by atoms with Crippen LogP contribution in [0, 0.1) is 63.0 Å². The van der Waals surface area contributed by atoms with Crippen LogP contribution in [0.4, 0.5) is 31.5 Å². The number of benzene rings is 4. The van der Waals surface area contributed by atoms with Crippen molar-refractivity contribution in [3.05, 3.63) is 122 Å². The fraction of sp³-hybridized carbons (Fsp3) is 0.256. The van der Waals surface area contributed by atoms with E-state index in [4.69, 9.17) is 5.73 Å². The molecule has 0 saturated carbocycles. The number of fused-ring (bicyclic) bond motifs is 4. The number of nitro benzene ring substituents is 3. The average Bonchev–Trinajstić information content (AvgIpc) is 4.06. The lowest BCUT2D eigenvalue weighted by atomic mass is 10.0. The fourth-order valence-corrected chi connectivity index (χ4v) is 8.07. The van der Waals surface area contributed by atoms with Crippen LogP contribution in [-0.2, 0) is 47.1 Å². The summed E-state index contributed by atoms with van der Waals surface area (Å²) in [4.78, 5) is 77.9. The molecular formula is C43H41BrF2N12O14. The van der Waals surface area contributed by atoms with Crippen molar-refractivity contribution in [2.75, 3.05) is 34.2 Å². The molecule has 378 valence electrons. The van der Waals surface area contributed by atoms with Crippen LogP contribution < -0.4 is 5.73 Å². The topological polar surface area (TPSA) is 332 Å². The second-order valence-electron chi connectivity index (χ2n) is 15.1. The number of ether oxygens (including phenoxy) is 4. The van der Waals surface area contributed by atoms with Gasteiger partial charge >= 0.3 is 23.9 Å². The Hall–Kier alpha value is -9.02. The summed E-state index contributed by atoms with van der Waals surface area (Å²) in [5.41, 5.74) is 8.36. The number of hydrogen-bond acceptors (Lipinski definition) is 19. The van der Waals surface area contributed by atoms with Gasteiger partial charge in [0.25, 0.3) is 17.1 Å². The predicted octanol–water partition coefficient (Wildman–Crippen LogP) is 6.71. The first-order chi connectivity index (χ1) is 33.8. The molecule has 0 bridgehead atoms. The number of aromatic nitrogens is 8. The standard InChI is InChI=1S/C11H10FN3O4.C11H12FN3O2.C11H11N3O4.C10H8BrN3O4/c1-5-6(11(16)19-3)4-7-8(9(5)15(17)18)10(12)13-14(7)2;1-5-6(11(16)17-3)4-7-8(9(5)13)10(12)14-15(7)2;1-6-7(11(15)18-3)4-9-8(5-12-13(9)2)10(6)14(16)17;1-13-7-3-5(10(15)18-2)8(11)9(14(16)17)6(7)4-12-13/h4H,1-3H3;4H,13H2,1-3H3;4-5H,1-3H3;3-4H,1-2H3. The Bertz CT molecular complexity index is 3470. The molecule has 0 amide bonds. The van der Waals surface area contributed by atoms with Gasteiger partial charge in [-0.15, -0.1) is 10.2 Å². The number of nitrogen functional groups attached to an aromatic ring is 1. The lowest BCUT2D eigenvalue weighted by Gasteiger charge is -2.08. The smallest absolute Gasteiger partial charge is 0.339 e. The Morgan fingerprint density at radius 3 is 1.29 bits per heavy atom. The number of methoxy groups -OCH3 is 4. The van der Waals surface area contributed by atoms with E-state index in [0.29, 0.717) is 38.4 Å². The fourth-order valence-electron chi connectivity index (χ4n) is 7.43. The number of esters is 4. The van der Waals surface area contributed by atoms with E-state index in [9.17, 15) is 58.3 Å². The van der Waals surface area contributed by atoms with Gasteiger partial charge in [-0.05, 0) is 66.5 Å². The Morgan fingerprint density at radius 2 is 0.875 bits per heavy atom. The van der Waals surface area contributed by atoms with Gasteiger partial charge in [0.2, 0.25) is 11.9 Å². The molecule has 72 heavy (non-hydrogen) atoms. The van der Waals surface area contributed by atoms with E-state index >= 15 is 0 Å². The largest absolute Gasteiger partial charge is 0.465 e. The quantitative estimate of drug-likeness (QED) is 0.0569. The van der Waals surface area contributed by atoms with Gasteiger partial charge in [0, 0.05) is 45.0 Å². The lowest BCUT2D eigenvalue weighted by Crippen LogP contribution is -2.07. The SMILES string of the molecule is COC(=O)c1cc2c(c(F)nn2C)c(N)c1C.COC(=O)c1cc2c(c(F)nn2C)c([N+](=O)[O-])c1C.COC(=O)c1cc2c(cnn2C)c([N+](=O)[O-])c1Br.COC(=O)c1cc2c(cnn2C)c([N+](=O)[O-])c1C. The van der Waals surface area contributed by atoms with Crippen LogP contribution in [-0.4, -0.2) is 106 Å². The highest BCUT2D eigenvalue weighted by Crippen LogP contribution is 2.38. The first-order valence-electron chi connectivity index (χ1n) is 20.2. The van der Waals surface area contributed by atoms with Crippen molar-refractivity contribution in [1.29, 1.82) is 0 Å². The van der Waals surface area contributed by atoms with E-state index in [1.807, 2.05) is 0 Å². The number of carbonyl (C=O) groups is 4. The minimum absolute atomic E-state index is 0.0182.